The molecule has 1 saturated heterocycles. The van der Waals surface area contributed by atoms with Gasteiger partial charge in [0, 0.05) is 43.9 Å². The molecule has 0 amide bonds. The lowest BCUT2D eigenvalue weighted by molar-refractivity contribution is 0.112. The van der Waals surface area contributed by atoms with Crippen LogP contribution in [0.15, 0.2) is 18.2 Å². The Kier molecular flexibility index (Phi) is 4.33. The molecule has 1 aliphatic rings. The second-order valence-corrected chi connectivity index (χ2v) is 4.77. The molecule has 1 heterocycles. The van der Waals surface area contributed by atoms with E-state index in [2.05, 4.69) is 16.8 Å². The summed E-state index contributed by atoms with van der Waals surface area (Å²) in [6, 6.07) is 5.64. The first-order chi connectivity index (χ1) is 8.72. The average molecular weight is 248 g/mol. The van der Waals surface area contributed by atoms with Gasteiger partial charge in [0.25, 0.3) is 0 Å². The van der Waals surface area contributed by atoms with Gasteiger partial charge < -0.3 is 9.64 Å². The summed E-state index contributed by atoms with van der Waals surface area (Å²) in [5, 5.41) is 0. The molecule has 1 aliphatic heterocycles. The van der Waals surface area contributed by atoms with Crippen LogP contribution in [0.1, 0.15) is 15.9 Å². The van der Waals surface area contributed by atoms with E-state index in [0.717, 1.165) is 50.3 Å². The number of hydrogen-bond acceptors (Lipinski definition) is 4. The Morgan fingerprint density at radius 2 is 2.00 bits per heavy atom. The minimum Gasteiger partial charge on any atom is -0.496 e. The maximum atomic E-state index is 10.7. The predicted molar refractivity (Wildman–Crippen MR) is 71.2 cm³/mol. The fourth-order valence-corrected chi connectivity index (χ4v) is 2.21. The van der Waals surface area contributed by atoms with Crippen molar-refractivity contribution in [2.24, 2.45) is 0 Å². The van der Waals surface area contributed by atoms with Crippen LogP contribution in [0.5, 0.6) is 5.75 Å². The smallest absolute Gasteiger partial charge is 0.150 e. The molecule has 0 unspecified atom stereocenters. The van der Waals surface area contributed by atoms with Gasteiger partial charge in [-0.15, -0.1) is 0 Å². The van der Waals surface area contributed by atoms with Crippen LogP contribution >= 0.6 is 0 Å². The first kappa shape index (κ1) is 13.1. The Balaban J connectivity index is 2.06. The molecular weight excluding hydrogens is 228 g/mol. The molecule has 0 spiro atoms. The monoisotopic (exact) mass is 248 g/mol. The molecule has 18 heavy (non-hydrogen) atoms. The van der Waals surface area contributed by atoms with E-state index in [1.54, 1.807) is 13.2 Å². The highest BCUT2D eigenvalue weighted by Crippen LogP contribution is 2.21. The number of likely N-dealkylation sites (N-methyl/N-ethyl adjacent to an activating group) is 1. The van der Waals surface area contributed by atoms with Crippen molar-refractivity contribution in [3.05, 3.63) is 29.3 Å². The number of benzene rings is 1. The molecule has 98 valence electrons. The Labute approximate surface area is 108 Å². The summed E-state index contributed by atoms with van der Waals surface area (Å²) >= 11 is 0. The number of ether oxygens (including phenoxy) is 1. The molecule has 0 saturated carbocycles. The molecule has 0 N–H and O–H groups in total. The average Bonchev–Trinajstić information content (AvgIpc) is 2.41. The van der Waals surface area contributed by atoms with Gasteiger partial charge >= 0.3 is 0 Å². The Morgan fingerprint density at radius 3 is 2.61 bits per heavy atom. The zero-order chi connectivity index (χ0) is 13.0. The fraction of sp³-hybridized carbons (Fsp3) is 0.500. The summed E-state index contributed by atoms with van der Waals surface area (Å²) in [4.78, 5) is 15.5. The number of carbonyl (C=O) groups is 1. The first-order valence-electron chi connectivity index (χ1n) is 6.26. The predicted octanol–water partition coefficient (Wildman–Crippen LogP) is 1.26. The Hall–Kier alpha value is -1.39. The Morgan fingerprint density at radius 1 is 1.28 bits per heavy atom. The topological polar surface area (TPSA) is 32.8 Å². The number of nitrogens with zero attached hydrogens (tertiary/aromatic N) is 2. The highest BCUT2D eigenvalue weighted by Gasteiger charge is 2.15. The van der Waals surface area contributed by atoms with Crippen molar-refractivity contribution in [3.8, 4) is 5.75 Å². The third-order valence-corrected chi connectivity index (χ3v) is 3.44. The summed E-state index contributed by atoms with van der Waals surface area (Å²) in [5.74, 6) is 0.804. The maximum absolute atomic E-state index is 10.7. The third-order valence-electron chi connectivity index (χ3n) is 3.44. The molecule has 1 aromatic carbocycles. The number of piperazine rings is 1. The SMILES string of the molecule is COc1cc(C=O)ccc1CN1CCN(C)CC1. The number of methoxy groups -OCH3 is 1. The summed E-state index contributed by atoms with van der Waals surface area (Å²) in [7, 11) is 3.80. The van der Waals surface area contributed by atoms with Gasteiger partial charge in [0.1, 0.15) is 12.0 Å². The maximum Gasteiger partial charge on any atom is 0.150 e. The first-order valence-corrected chi connectivity index (χ1v) is 6.26. The molecule has 1 fully saturated rings. The van der Waals surface area contributed by atoms with Crippen LogP contribution in [0.25, 0.3) is 0 Å². The quantitative estimate of drug-likeness (QED) is 0.751. The van der Waals surface area contributed by atoms with Crippen molar-refractivity contribution >= 4 is 6.29 Å². The summed E-state index contributed by atoms with van der Waals surface area (Å²) < 4.78 is 5.35. The lowest BCUT2D eigenvalue weighted by Crippen LogP contribution is -2.43. The zero-order valence-electron chi connectivity index (χ0n) is 11.1. The summed E-state index contributed by atoms with van der Waals surface area (Å²) in [6.45, 7) is 5.25. The van der Waals surface area contributed by atoms with Gasteiger partial charge in [-0.05, 0) is 13.1 Å². The van der Waals surface area contributed by atoms with E-state index >= 15 is 0 Å². The van der Waals surface area contributed by atoms with E-state index in [9.17, 15) is 4.79 Å². The van der Waals surface area contributed by atoms with Gasteiger partial charge in [-0.2, -0.15) is 0 Å². The highest BCUT2D eigenvalue weighted by molar-refractivity contribution is 5.75. The van der Waals surface area contributed by atoms with E-state index in [-0.39, 0.29) is 0 Å². The molecule has 4 nitrogen and oxygen atoms in total. The van der Waals surface area contributed by atoms with Gasteiger partial charge in [0.2, 0.25) is 0 Å². The molecule has 1 aromatic rings. The number of aldehydes is 1. The largest absolute Gasteiger partial charge is 0.496 e. The third kappa shape index (κ3) is 3.09. The van der Waals surface area contributed by atoms with E-state index < -0.39 is 0 Å². The molecule has 4 heteroatoms. The van der Waals surface area contributed by atoms with Gasteiger partial charge in [0.05, 0.1) is 7.11 Å². The van der Waals surface area contributed by atoms with Crippen molar-refractivity contribution in [1.29, 1.82) is 0 Å². The molecule has 0 aromatic heterocycles. The van der Waals surface area contributed by atoms with E-state index in [1.807, 2.05) is 12.1 Å². The van der Waals surface area contributed by atoms with Crippen LogP contribution < -0.4 is 4.74 Å². The lowest BCUT2D eigenvalue weighted by Gasteiger charge is -2.32. The van der Waals surface area contributed by atoms with Crippen LogP contribution in [0.2, 0.25) is 0 Å². The van der Waals surface area contributed by atoms with Crippen LogP contribution in [0.4, 0.5) is 0 Å². The fourth-order valence-electron chi connectivity index (χ4n) is 2.21. The minimum absolute atomic E-state index is 0.661. The minimum atomic E-state index is 0.661. The molecule has 2 rings (SSSR count). The molecule has 0 atom stereocenters. The molecule has 0 radical (unpaired) electrons. The van der Waals surface area contributed by atoms with E-state index in [4.69, 9.17) is 4.74 Å². The van der Waals surface area contributed by atoms with Crippen LogP contribution in [0, 0.1) is 0 Å². The zero-order valence-corrected chi connectivity index (χ0v) is 11.1. The second-order valence-electron chi connectivity index (χ2n) is 4.77. The second kappa shape index (κ2) is 5.98. The van der Waals surface area contributed by atoms with Crippen LogP contribution in [-0.4, -0.2) is 56.4 Å². The van der Waals surface area contributed by atoms with Crippen molar-refractivity contribution in [2.75, 3.05) is 40.3 Å². The van der Waals surface area contributed by atoms with Crippen LogP contribution in [0.3, 0.4) is 0 Å². The summed E-state index contributed by atoms with van der Waals surface area (Å²) in [5.41, 5.74) is 1.81. The van der Waals surface area contributed by atoms with Gasteiger partial charge in [-0.3, -0.25) is 9.69 Å². The number of rotatable bonds is 4. The molecular formula is C14H20N2O2. The normalized spacial score (nSPS) is 17.7. The number of hydrogen-bond donors (Lipinski definition) is 0. The lowest BCUT2D eigenvalue weighted by atomic mass is 10.1. The van der Waals surface area contributed by atoms with Crippen molar-refractivity contribution < 1.29 is 9.53 Å². The Bertz CT molecular complexity index is 412. The van der Waals surface area contributed by atoms with Crippen molar-refractivity contribution in [3.63, 3.8) is 0 Å². The van der Waals surface area contributed by atoms with Gasteiger partial charge in [0.15, 0.2) is 0 Å². The molecule has 0 bridgehead atoms. The van der Waals surface area contributed by atoms with Gasteiger partial charge in [-0.25, -0.2) is 0 Å². The van der Waals surface area contributed by atoms with Crippen molar-refractivity contribution in [1.82, 2.24) is 9.80 Å². The summed E-state index contributed by atoms with van der Waals surface area (Å²) in [6.07, 6.45) is 0.849. The van der Waals surface area contributed by atoms with Gasteiger partial charge in [-0.1, -0.05) is 12.1 Å². The van der Waals surface area contributed by atoms with E-state index in [0.29, 0.717) is 5.56 Å². The van der Waals surface area contributed by atoms with Crippen LogP contribution in [-0.2, 0) is 6.54 Å². The van der Waals surface area contributed by atoms with Crippen molar-refractivity contribution in [2.45, 2.75) is 6.54 Å². The highest BCUT2D eigenvalue weighted by atomic mass is 16.5. The molecule has 0 aliphatic carbocycles. The standard InChI is InChI=1S/C14H20N2O2/c1-15-5-7-16(8-6-15)10-13-4-3-12(11-17)9-14(13)18-2/h3-4,9,11H,5-8,10H2,1-2H3. The van der Waals surface area contributed by atoms with E-state index in [1.165, 1.54) is 0 Å². The number of carbonyl (C=O) groups excluding carboxylic acids is 1.